The van der Waals surface area contributed by atoms with Crippen molar-refractivity contribution in [1.82, 2.24) is 9.78 Å². The van der Waals surface area contributed by atoms with Gasteiger partial charge in [-0.2, -0.15) is 0 Å². The average Bonchev–Trinajstić information content (AvgIpc) is 2.63. The Morgan fingerprint density at radius 2 is 2.00 bits per heavy atom. The molecule has 0 aliphatic carbocycles. The molecule has 0 bridgehead atoms. The number of hydrogen-bond acceptors (Lipinski definition) is 3. The Morgan fingerprint density at radius 1 is 1.33 bits per heavy atom. The second-order valence-electron chi connectivity index (χ2n) is 4.56. The van der Waals surface area contributed by atoms with Crippen LogP contribution in [0.5, 0.6) is 5.88 Å². The van der Waals surface area contributed by atoms with Gasteiger partial charge in [0.1, 0.15) is 6.61 Å². The highest BCUT2D eigenvalue weighted by atomic mass is 16.5. The molecule has 0 saturated carbocycles. The van der Waals surface area contributed by atoms with Crippen LogP contribution in [0, 0.1) is 6.92 Å². The molecule has 0 aliphatic heterocycles. The fourth-order valence-electron chi connectivity index (χ4n) is 1.95. The van der Waals surface area contributed by atoms with Gasteiger partial charge in [-0.3, -0.25) is 4.68 Å². The summed E-state index contributed by atoms with van der Waals surface area (Å²) < 4.78 is 7.47. The lowest BCUT2D eigenvalue weighted by Gasteiger charge is -2.06. The standard InChI is InChI=1S/C14H19N3O/c1-10(15)9-18-14-11(2)13(17(3)16-14)12-7-5-4-6-8-12/h4-8,10H,9,15H2,1-3H3. The van der Waals surface area contributed by atoms with E-state index in [0.29, 0.717) is 12.5 Å². The molecule has 96 valence electrons. The number of benzene rings is 1. The van der Waals surface area contributed by atoms with E-state index in [9.17, 15) is 0 Å². The largest absolute Gasteiger partial charge is 0.475 e. The Labute approximate surface area is 107 Å². The Kier molecular flexibility index (Phi) is 3.67. The first-order valence-electron chi connectivity index (χ1n) is 6.07. The zero-order valence-electron chi connectivity index (χ0n) is 11.1. The first-order valence-corrected chi connectivity index (χ1v) is 6.07. The number of nitrogens with two attached hydrogens (primary N) is 1. The van der Waals surface area contributed by atoms with Gasteiger partial charge in [0.15, 0.2) is 0 Å². The van der Waals surface area contributed by atoms with Crippen molar-refractivity contribution in [2.45, 2.75) is 19.9 Å². The topological polar surface area (TPSA) is 53.1 Å². The van der Waals surface area contributed by atoms with E-state index >= 15 is 0 Å². The quantitative estimate of drug-likeness (QED) is 0.897. The van der Waals surface area contributed by atoms with Crippen molar-refractivity contribution in [2.24, 2.45) is 12.8 Å². The lowest BCUT2D eigenvalue weighted by atomic mass is 10.1. The van der Waals surface area contributed by atoms with Crippen molar-refractivity contribution in [3.8, 4) is 17.1 Å². The van der Waals surface area contributed by atoms with Gasteiger partial charge < -0.3 is 10.5 Å². The first kappa shape index (κ1) is 12.6. The maximum absolute atomic E-state index is 5.69. The normalized spacial score (nSPS) is 12.4. The SMILES string of the molecule is Cc1c(OCC(C)N)nn(C)c1-c1ccccc1. The number of aryl methyl sites for hydroxylation is 1. The fourth-order valence-corrected chi connectivity index (χ4v) is 1.95. The van der Waals surface area contributed by atoms with Crippen LogP contribution in [-0.2, 0) is 7.05 Å². The molecule has 0 spiro atoms. The van der Waals surface area contributed by atoms with Gasteiger partial charge in [0.25, 0.3) is 0 Å². The molecule has 1 aromatic carbocycles. The second kappa shape index (κ2) is 5.23. The minimum atomic E-state index is 0.00609. The summed E-state index contributed by atoms with van der Waals surface area (Å²) in [6, 6.07) is 10.2. The minimum Gasteiger partial charge on any atom is -0.475 e. The van der Waals surface area contributed by atoms with Crippen molar-refractivity contribution < 1.29 is 4.74 Å². The Morgan fingerprint density at radius 3 is 2.61 bits per heavy atom. The molecule has 4 heteroatoms. The summed E-state index contributed by atoms with van der Waals surface area (Å²) in [7, 11) is 1.92. The Hall–Kier alpha value is -1.81. The summed E-state index contributed by atoms with van der Waals surface area (Å²) in [5.74, 6) is 0.661. The molecule has 1 unspecified atom stereocenters. The number of hydrogen-bond donors (Lipinski definition) is 1. The van der Waals surface area contributed by atoms with Crippen molar-refractivity contribution in [2.75, 3.05) is 6.61 Å². The molecular formula is C14H19N3O. The zero-order chi connectivity index (χ0) is 13.1. The third-order valence-electron chi connectivity index (χ3n) is 2.77. The van der Waals surface area contributed by atoms with E-state index in [1.807, 2.05) is 43.8 Å². The fraction of sp³-hybridized carbons (Fsp3) is 0.357. The summed E-state index contributed by atoms with van der Waals surface area (Å²) >= 11 is 0. The maximum Gasteiger partial charge on any atom is 0.236 e. The summed E-state index contributed by atoms with van der Waals surface area (Å²) in [4.78, 5) is 0. The van der Waals surface area contributed by atoms with E-state index < -0.39 is 0 Å². The Balaban J connectivity index is 2.33. The van der Waals surface area contributed by atoms with Crippen molar-refractivity contribution in [3.63, 3.8) is 0 Å². The highest BCUT2D eigenvalue weighted by Gasteiger charge is 2.15. The van der Waals surface area contributed by atoms with Crippen molar-refractivity contribution in [1.29, 1.82) is 0 Å². The molecule has 2 rings (SSSR count). The molecule has 2 N–H and O–H groups in total. The molecule has 0 aliphatic rings. The smallest absolute Gasteiger partial charge is 0.236 e. The van der Waals surface area contributed by atoms with Crippen LogP contribution in [0.2, 0.25) is 0 Å². The van der Waals surface area contributed by atoms with Crippen molar-refractivity contribution in [3.05, 3.63) is 35.9 Å². The number of nitrogens with zero attached hydrogens (tertiary/aromatic N) is 2. The van der Waals surface area contributed by atoms with Crippen LogP contribution in [-0.4, -0.2) is 22.4 Å². The van der Waals surface area contributed by atoms with E-state index in [2.05, 4.69) is 17.2 Å². The molecule has 18 heavy (non-hydrogen) atoms. The lowest BCUT2D eigenvalue weighted by Crippen LogP contribution is -2.23. The van der Waals surface area contributed by atoms with E-state index in [0.717, 1.165) is 16.8 Å². The summed E-state index contributed by atoms with van der Waals surface area (Å²) in [6.07, 6.45) is 0. The van der Waals surface area contributed by atoms with Crippen LogP contribution >= 0.6 is 0 Å². The summed E-state index contributed by atoms with van der Waals surface area (Å²) in [5.41, 5.74) is 8.95. The summed E-state index contributed by atoms with van der Waals surface area (Å²) in [6.45, 7) is 4.41. The molecule has 0 fully saturated rings. The Bertz CT molecular complexity index is 517. The monoisotopic (exact) mass is 245 g/mol. The highest BCUT2D eigenvalue weighted by molar-refractivity contribution is 5.65. The molecule has 0 saturated heterocycles. The van der Waals surface area contributed by atoms with E-state index in [4.69, 9.17) is 10.5 Å². The maximum atomic E-state index is 5.69. The molecule has 1 heterocycles. The summed E-state index contributed by atoms with van der Waals surface area (Å²) in [5, 5.41) is 4.40. The number of rotatable bonds is 4. The van der Waals surface area contributed by atoms with Gasteiger partial charge in [-0.1, -0.05) is 30.3 Å². The van der Waals surface area contributed by atoms with Gasteiger partial charge in [0, 0.05) is 24.2 Å². The molecule has 1 aromatic heterocycles. The van der Waals surface area contributed by atoms with Crippen LogP contribution in [0.25, 0.3) is 11.3 Å². The molecule has 0 radical (unpaired) electrons. The molecule has 1 atom stereocenters. The first-order chi connectivity index (χ1) is 8.59. The third kappa shape index (κ3) is 2.54. The zero-order valence-corrected chi connectivity index (χ0v) is 11.1. The van der Waals surface area contributed by atoms with Gasteiger partial charge in [0.05, 0.1) is 5.69 Å². The third-order valence-corrected chi connectivity index (χ3v) is 2.77. The predicted molar refractivity (Wildman–Crippen MR) is 72.5 cm³/mol. The van der Waals surface area contributed by atoms with Gasteiger partial charge in [-0.05, 0) is 13.8 Å². The molecule has 2 aromatic rings. The van der Waals surface area contributed by atoms with Crippen LogP contribution in [0.3, 0.4) is 0 Å². The van der Waals surface area contributed by atoms with Gasteiger partial charge in [-0.15, -0.1) is 5.10 Å². The number of aromatic nitrogens is 2. The van der Waals surface area contributed by atoms with E-state index in [-0.39, 0.29) is 6.04 Å². The average molecular weight is 245 g/mol. The van der Waals surface area contributed by atoms with Crippen LogP contribution in [0.1, 0.15) is 12.5 Å². The molecular weight excluding hydrogens is 226 g/mol. The highest BCUT2D eigenvalue weighted by Crippen LogP contribution is 2.28. The number of ether oxygens (including phenoxy) is 1. The van der Waals surface area contributed by atoms with Crippen LogP contribution in [0.4, 0.5) is 0 Å². The van der Waals surface area contributed by atoms with Crippen LogP contribution in [0.15, 0.2) is 30.3 Å². The van der Waals surface area contributed by atoms with E-state index in [1.165, 1.54) is 0 Å². The second-order valence-corrected chi connectivity index (χ2v) is 4.56. The molecule has 4 nitrogen and oxygen atoms in total. The van der Waals surface area contributed by atoms with Gasteiger partial charge in [0.2, 0.25) is 5.88 Å². The van der Waals surface area contributed by atoms with Gasteiger partial charge >= 0.3 is 0 Å². The minimum absolute atomic E-state index is 0.00609. The van der Waals surface area contributed by atoms with Gasteiger partial charge in [-0.25, -0.2) is 0 Å². The van der Waals surface area contributed by atoms with E-state index in [1.54, 1.807) is 0 Å². The van der Waals surface area contributed by atoms with Crippen molar-refractivity contribution >= 4 is 0 Å². The molecule has 0 amide bonds. The predicted octanol–water partition coefficient (Wildman–Crippen LogP) is 2.12. The van der Waals surface area contributed by atoms with Crippen LogP contribution < -0.4 is 10.5 Å². The lowest BCUT2D eigenvalue weighted by molar-refractivity contribution is 0.281.